The zero-order valence-corrected chi connectivity index (χ0v) is 9.45. The lowest BCUT2D eigenvalue weighted by Crippen LogP contribution is -2.50. The normalized spacial score (nSPS) is 26.4. The predicted octanol–water partition coefficient (Wildman–Crippen LogP) is 0.880. The summed E-state index contributed by atoms with van der Waals surface area (Å²) in [5.74, 6) is 0.0535. The number of amides is 1. The molecule has 0 spiro atoms. The summed E-state index contributed by atoms with van der Waals surface area (Å²) in [5.41, 5.74) is 5.29. The molecule has 2 saturated carbocycles. The van der Waals surface area contributed by atoms with Crippen LogP contribution in [0.15, 0.2) is 0 Å². The fourth-order valence-electron chi connectivity index (χ4n) is 1.80. The van der Waals surface area contributed by atoms with Crippen LogP contribution in [-0.2, 0) is 4.79 Å². The van der Waals surface area contributed by atoms with Gasteiger partial charge in [0.2, 0.25) is 5.91 Å². The Kier molecular flexibility index (Phi) is 2.52. The topological polar surface area (TPSA) is 55.1 Å². The summed E-state index contributed by atoms with van der Waals surface area (Å²) in [6.45, 7) is 0.798. The summed E-state index contributed by atoms with van der Waals surface area (Å²) in [7, 11) is 0. The van der Waals surface area contributed by atoms with Crippen LogP contribution >= 0.6 is 11.8 Å². The van der Waals surface area contributed by atoms with Crippen LogP contribution in [0.4, 0.5) is 0 Å². The van der Waals surface area contributed by atoms with E-state index in [0.717, 1.165) is 19.4 Å². The van der Waals surface area contributed by atoms with Gasteiger partial charge in [0.1, 0.15) is 0 Å². The molecule has 0 aromatic rings. The Hall–Kier alpha value is -0.220. The van der Waals surface area contributed by atoms with Crippen molar-refractivity contribution >= 4 is 17.7 Å². The van der Waals surface area contributed by atoms with Crippen molar-refractivity contribution < 1.29 is 4.79 Å². The van der Waals surface area contributed by atoms with Gasteiger partial charge in [-0.2, -0.15) is 11.8 Å². The SMILES string of the molecule is CSC1(CNC(=O)C2(N)CC2)CCC1. The third kappa shape index (κ3) is 1.77. The maximum atomic E-state index is 11.6. The number of carbonyl (C=O) groups is 1. The van der Waals surface area contributed by atoms with Crippen LogP contribution in [0.5, 0.6) is 0 Å². The summed E-state index contributed by atoms with van der Waals surface area (Å²) < 4.78 is 0.320. The van der Waals surface area contributed by atoms with Crippen molar-refractivity contribution in [3.63, 3.8) is 0 Å². The molecule has 0 atom stereocenters. The van der Waals surface area contributed by atoms with E-state index in [1.807, 2.05) is 11.8 Å². The molecule has 0 radical (unpaired) electrons. The molecule has 0 unspecified atom stereocenters. The van der Waals surface area contributed by atoms with Gasteiger partial charge < -0.3 is 11.1 Å². The molecule has 80 valence electrons. The molecule has 0 aliphatic heterocycles. The number of hydrogen-bond donors (Lipinski definition) is 2. The van der Waals surface area contributed by atoms with Crippen molar-refractivity contribution in [1.82, 2.24) is 5.32 Å². The minimum atomic E-state index is -0.511. The summed E-state index contributed by atoms with van der Waals surface area (Å²) in [6, 6.07) is 0. The van der Waals surface area contributed by atoms with Crippen molar-refractivity contribution in [2.45, 2.75) is 42.4 Å². The molecular formula is C10H18N2OS. The van der Waals surface area contributed by atoms with Crippen molar-refractivity contribution in [1.29, 1.82) is 0 Å². The van der Waals surface area contributed by atoms with Gasteiger partial charge in [-0.1, -0.05) is 6.42 Å². The van der Waals surface area contributed by atoms with E-state index in [1.54, 1.807) is 0 Å². The highest BCUT2D eigenvalue weighted by Crippen LogP contribution is 2.42. The Labute approximate surface area is 89.2 Å². The zero-order valence-electron chi connectivity index (χ0n) is 8.64. The van der Waals surface area contributed by atoms with Gasteiger partial charge in [0, 0.05) is 11.3 Å². The summed E-state index contributed by atoms with van der Waals surface area (Å²) in [5, 5.41) is 2.99. The Balaban J connectivity index is 1.79. The third-order valence-corrected chi connectivity index (χ3v) is 4.93. The minimum absolute atomic E-state index is 0.0535. The molecule has 2 fully saturated rings. The molecular weight excluding hydrogens is 196 g/mol. The zero-order chi connectivity index (χ0) is 10.2. The predicted molar refractivity (Wildman–Crippen MR) is 59.3 cm³/mol. The molecule has 0 bridgehead atoms. The van der Waals surface area contributed by atoms with Crippen molar-refractivity contribution in [2.24, 2.45) is 5.73 Å². The number of nitrogens with one attached hydrogen (secondary N) is 1. The van der Waals surface area contributed by atoms with Crippen molar-refractivity contribution in [3.8, 4) is 0 Å². The van der Waals surface area contributed by atoms with Crippen molar-refractivity contribution in [2.75, 3.05) is 12.8 Å². The second kappa shape index (κ2) is 3.42. The second-order valence-corrected chi connectivity index (χ2v) is 5.85. The smallest absolute Gasteiger partial charge is 0.240 e. The van der Waals surface area contributed by atoms with Crippen LogP contribution in [0.3, 0.4) is 0 Å². The first-order valence-electron chi connectivity index (χ1n) is 5.23. The van der Waals surface area contributed by atoms with Gasteiger partial charge in [0.05, 0.1) is 5.54 Å². The van der Waals surface area contributed by atoms with E-state index >= 15 is 0 Å². The fraction of sp³-hybridized carbons (Fsp3) is 0.900. The molecule has 4 heteroatoms. The van der Waals surface area contributed by atoms with Crippen LogP contribution in [0.2, 0.25) is 0 Å². The van der Waals surface area contributed by atoms with Gasteiger partial charge >= 0.3 is 0 Å². The first-order chi connectivity index (χ1) is 6.60. The number of nitrogens with two attached hydrogens (primary N) is 1. The van der Waals surface area contributed by atoms with Gasteiger partial charge in [0.15, 0.2) is 0 Å². The fourth-order valence-corrected chi connectivity index (χ4v) is 2.72. The number of carbonyl (C=O) groups excluding carboxylic acids is 1. The molecule has 0 heterocycles. The Morgan fingerprint density at radius 3 is 2.43 bits per heavy atom. The first kappa shape index (κ1) is 10.3. The maximum absolute atomic E-state index is 11.6. The standard InChI is InChI=1S/C10H18N2OS/c1-14-9(3-2-4-9)7-12-8(13)10(11)5-6-10/h2-7,11H2,1H3,(H,12,13). The molecule has 0 aromatic heterocycles. The number of hydrogen-bond acceptors (Lipinski definition) is 3. The van der Waals surface area contributed by atoms with Crippen LogP contribution < -0.4 is 11.1 Å². The molecule has 2 aliphatic carbocycles. The average Bonchev–Trinajstić information content (AvgIpc) is 2.84. The van der Waals surface area contributed by atoms with Crippen molar-refractivity contribution in [3.05, 3.63) is 0 Å². The van der Waals surface area contributed by atoms with E-state index in [0.29, 0.717) is 4.75 Å². The highest BCUT2D eigenvalue weighted by molar-refractivity contribution is 8.00. The molecule has 2 rings (SSSR count). The van der Waals surface area contributed by atoms with E-state index in [2.05, 4.69) is 11.6 Å². The molecule has 14 heavy (non-hydrogen) atoms. The highest BCUT2D eigenvalue weighted by Gasteiger charge is 2.47. The third-order valence-electron chi connectivity index (χ3n) is 3.51. The van der Waals surface area contributed by atoms with E-state index < -0.39 is 5.54 Å². The minimum Gasteiger partial charge on any atom is -0.353 e. The van der Waals surface area contributed by atoms with Crippen LogP contribution in [-0.4, -0.2) is 29.0 Å². The monoisotopic (exact) mass is 214 g/mol. The molecule has 3 nitrogen and oxygen atoms in total. The van der Waals surface area contributed by atoms with Gasteiger partial charge in [-0.25, -0.2) is 0 Å². The largest absolute Gasteiger partial charge is 0.353 e. The molecule has 0 saturated heterocycles. The van der Waals surface area contributed by atoms with E-state index in [-0.39, 0.29) is 5.91 Å². The Morgan fingerprint density at radius 1 is 1.43 bits per heavy atom. The number of rotatable bonds is 4. The second-order valence-electron chi connectivity index (χ2n) is 4.58. The molecule has 3 N–H and O–H groups in total. The number of thioether (sulfide) groups is 1. The van der Waals surface area contributed by atoms with Gasteiger partial charge in [-0.3, -0.25) is 4.79 Å². The lowest BCUT2D eigenvalue weighted by Gasteiger charge is -2.40. The van der Waals surface area contributed by atoms with Crippen LogP contribution in [0.1, 0.15) is 32.1 Å². The van der Waals surface area contributed by atoms with Gasteiger partial charge in [0.25, 0.3) is 0 Å². The highest BCUT2D eigenvalue weighted by atomic mass is 32.2. The van der Waals surface area contributed by atoms with Crippen LogP contribution in [0.25, 0.3) is 0 Å². The van der Waals surface area contributed by atoms with Crippen LogP contribution in [0, 0.1) is 0 Å². The lowest BCUT2D eigenvalue weighted by molar-refractivity contribution is -0.123. The molecule has 0 aromatic carbocycles. The van der Waals surface area contributed by atoms with E-state index in [4.69, 9.17) is 5.73 Å². The van der Waals surface area contributed by atoms with E-state index in [1.165, 1.54) is 19.3 Å². The Morgan fingerprint density at radius 2 is 2.07 bits per heavy atom. The lowest BCUT2D eigenvalue weighted by atomic mass is 9.84. The quantitative estimate of drug-likeness (QED) is 0.730. The summed E-state index contributed by atoms with van der Waals surface area (Å²) in [4.78, 5) is 11.6. The summed E-state index contributed by atoms with van der Waals surface area (Å²) in [6.07, 6.45) is 7.58. The molecule has 2 aliphatic rings. The maximum Gasteiger partial charge on any atom is 0.240 e. The van der Waals surface area contributed by atoms with Gasteiger partial charge in [-0.15, -0.1) is 0 Å². The van der Waals surface area contributed by atoms with Gasteiger partial charge in [-0.05, 0) is 31.9 Å². The summed E-state index contributed by atoms with van der Waals surface area (Å²) >= 11 is 1.88. The molecule has 1 amide bonds. The van der Waals surface area contributed by atoms with E-state index in [9.17, 15) is 4.79 Å². The first-order valence-corrected chi connectivity index (χ1v) is 6.45. The Bertz CT molecular complexity index is 241. The average molecular weight is 214 g/mol.